The Bertz CT molecular complexity index is 476. The van der Waals surface area contributed by atoms with Crippen molar-refractivity contribution in [1.82, 2.24) is 14.7 Å². The van der Waals surface area contributed by atoms with Gasteiger partial charge in [-0.3, -0.25) is 4.68 Å². The molecule has 0 radical (unpaired) electrons. The molecule has 2 saturated heterocycles. The molecular formula is C14H22N4O3. The second-order valence-electron chi connectivity index (χ2n) is 5.45. The third-order valence-electron chi connectivity index (χ3n) is 4.07. The highest BCUT2D eigenvalue weighted by atomic mass is 16.7. The second kappa shape index (κ2) is 6.44. The first-order chi connectivity index (χ1) is 10.3. The minimum absolute atomic E-state index is 0.0580. The van der Waals surface area contributed by atoms with Crippen LogP contribution in [0.1, 0.15) is 19.8 Å². The van der Waals surface area contributed by atoms with Crippen LogP contribution in [0.4, 0.5) is 10.5 Å². The molecule has 7 nitrogen and oxygen atoms in total. The Labute approximate surface area is 124 Å². The van der Waals surface area contributed by atoms with E-state index in [1.807, 2.05) is 18.0 Å². The van der Waals surface area contributed by atoms with Gasteiger partial charge in [0.25, 0.3) is 0 Å². The molecule has 0 spiro atoms. The molecule has 2 amide bonds. The van der Waals surface area contributed by atoms with Crippen LogP contribution in [-0.2, 0) is 16.0 Å². The normalized spacial score (nSPS) is 20.9. The molecule has 0 unspecified atom stereocenters. The largest absolute Gasteiger partial charge is 0.350 e. The summed E-state index contributed by atoms with van der Waals surface area (Å²) in [6.45, 7) is 5.65. The first-order valence-corrected chi connectivity index (χ1v) is 7.58. The molecule has 0 atom stereocenters. The molecule has 1 N–H and O–H groups in total. The molecule has 3 heterocycles. The first kappa shape index (κ1) is 14.3. The van der Waals surface area contributed by atoms with Gasteiger partial charge in [0.15, 0.2) is 6.29 Å². The summed E-state index contributed by atoms with van der Waals surface area (Å²) in [4.78, 5) is 14.1. The predicted octanol–water partition coefficient (Wildman–Crippen LogP) is 1.52. The van der Waals surface area contributed by atoms with Gasteiger partial charge in [0.05, 0.1) is 25.1 Å². The summed E-state index contributed by atoms with van der Waals surface area (Å²) in [7, 11) is 0. The molecule has 1 aromatic rings. The molecule has 2 aliphatic heterocycles. The Hall–Kier alpha value is -1.60. The number of nitrogens with zero attached hydrogens (tertiary/aromatic N) is 3. The quantitative estimate of drug-likeness (QED) is 0.917. The molecule has 2 fully saturated rings. The summed E-state index contributed by atoms with van der Waals surface area (Å²) in [5, 5.41) is 7.04. The van der Waals surface area contributed by atoms with Crippen LogP contribution >= 0.6 is 0 Å². The van der Waals surface area contributed by atoms with E-state index in [4.69, 9.17) is 9.47 Å². The maximum absolute atomic E-state index is 12.2. The van der Waals surface area contributed by atoms with Crippen LogP contribution in [0.5, 0.6) is 0 Å². The van der Waals surface area contributed by atoms with Crippen molar-refractivity contribution >= 4 is 11.7 Å². The number of aromatic nitrogens is 2. The lowest BCUT2D eigenvalue weighted by Gasteiger charge is -2.33. The number of ether oxygens (including phenoxy) is 2. The predicted molar refractivity (Wildman–Crippen MR) is 76.9 cm³/mol. The average molecular weight is 294 g/mol. The lowest BCUT2D eigenvalue weighted by molar-refractivity contribution is -0.0950. The Balaban J connectivity index is 1.48. The zero-order chi connectivity index (χ0) is 14.7. The van der Waals surface area contributed by atoms with Crippen molar-refractivity contribution in [2.75, 3.05) is 31.6 Å². The number of rotatable bonds is 3. The Morgan fingerprint density at radius 1 is 1.38 bits per heavy atom. The molecule has 3 rings (SSSR count). The van der Waals surface area contributed by atoms with Gasteiger partial charge in [-0.15, -0.1) is 0 Å². The highest BCUT2D eigenvalue weighted by Gasteiger charge is 2.31. The molecule has 1 aromatic heterocycles. The van der Waals surface area contributed by atoms with E-state index in [2.05, 4.69) is 10.4 Å². The van der Waals surface area contributed by atoms with Crippen molar-refractivity contribution in [1.29, 1.82) is 0 Å². The monoisotopic (exact) mass is 294 g/mol. The maximum atomic E-state index is 12.2. The summed E-state index contributed by atoms with van der Waals surface area (Å²) >= 11 is 0. The summed E-state index contributed by atoms with van der Waals surface area (Å²) in [6, 6.07) is -0.0580. The van der Waals surface area contributed by atoms with Gasteiger partial charge < -0.3 is 19.7 Å². The summed E-state index contributed by atoms with van der Waals surface area (Å²) in [6.07, 6.45) is 5.29. The van der Waals surface area contributed by atoms with Gasteiger partial charge in [-0.1, -0.05) is 0 Å². The zero-order valence-electron chi connectivity index (χ0n) is 12.3. The SMILES string of the molecule is CCn1cc(NC(=O)N2CCC(C3OCCO3)CC2)cn1. The van der Waals surface area contributed by atoms with Crippen LogP contribution in [0.3, 0.4) is 0 Å². The van der Waals surface area contributed by atoms with Crippen LogP contribution in [0.15, 0.2) is 12.4 Å². The number of hydrogen-bond donors (Lipinski definition) is 1. The van der Waals surface area contributed by atoms with Gasteiger partial charge in [-0.05, 0) is 19.8 Å². The molecule has 116 valence electrons. The molecular weight excluding hydrogens is 272 g/mol. The fourth-order valence-electron chi connectivity index (χ4n) is 2.83. The number of urea groups is 1. The highest BCUT2D eigenvalue weighted by Crippen LogP contribution is 2.26. The van der Waals surface area contributed by atoms with Crippen LogP contribution in [0.25, 0.3) is 0 Å². The lowest BCUT2D eigenvalue weighted by Crippen LogP contribution is -2.43. The van der Waals surface area contributed by atoms with Gasteiger partial charge in [-0.2, -0.15) is 5.10 Å². The number of anilines is 1. The van der Waals surface area contributed by atoms with Crippen molar-refractivity contribution in [3.05, 3.63) is 12.4 Å². The fraction of sp³-hybridized carbons (Fsp3) is 0.714. The van der Waals surface area contributed by atoms with Crippen molar-refractivity contribution in [2.45, 2.75) is 32.6 Å². The van der Waals surface area contributed by atoms with Crippen LogP contribution in [0.2, 0.25) is 0 Å². The number of hydrogen-bond acceptors (Lipinski definition) is 4. The van der Waals surface area contributed by atoms with E-state index in [9.17, 15) is 4.79 Å². The first-order valence-electron chi connectivity index (χ1n) is 7.58. The number of nitrogens with one attached hydrogen (secondary N) is 1. The van der Waals surface area contributed by atoms with Gasteiger partial charge in [-0.25, -0.2) is 4.79 Å². The summed E-state index contributed by atoms with van der Waals surface area (Å²) in [5.74, 6) is 0.402. The third kappa shape index (κ3) is 3.36. The standard InChI is InChI=1S/C14H22N4O3/c1-2-18-10-12(9-15-18)16-14(19)17-5-3-11(4-6-17)13-20-7-8-21-13/h9-11,13H,2-8H2,1H3,(H,16,19). The van der Waals surface area contributed by atoms with Crippen molar-refractivity contribution in [3.8, 4) is 0 Å². The number of amides is 2. The Morgan fingerprint density at radius 2 is 2.10 bits per heavy atom. The van der Waals surface area contributed by atoms with E-state index in [0.717, 1.165) is 38.2 Å². The maximum Gasteiger partial charge on any atom is 0.321 e. The molecule has 21 heavy (non-hydrogen) atoms. The fourth-order valence-corrected chi connectivity index (χ4v) is 2.83. The van der Waals surface area contributed by atoms with E-state index in [1.54, 1.807) is 10.9 Å². The van der Waals surface area contributed by atoms with Crippen molar-refractivity contribution < 1.29 is 14.3 Å². The zero-order valence-corrected chi connectivity index (χ0v) is 12.3. The lowest BCUT2D eigenvalue weighted by atomic mass is 9.96. The van der Waals surface area contributed by atoms with Crippen molar-refractivity contribution in [3.63, 3.8) is 0 Å². The smallest absolute Gasteiger partial charge is 0.321 e. The van der Waals surface area contributed by atoms with Gasteiger partial charge >= 0.3 is 6.03 Å². The van der Waals surface area contributed by atoms with Crippen molar-refractivity contribution in [2.24, 2.45) is 5.92 Å². The van der Waals surface area contributed by atoms with E-state index >= 15 is 0 Å². The van der Waals surface area contributed by atoms with E-state index in [0.29, 0.717) is 19.1 Å². The molecule has 0 bridgehead atoms. The topological polar surface area (TPSA) is 68.6 Å². The van der Waals surface area contributed by atoms with Crippen LogP contribution < -0.4 is 5.32 Å². The summed E-state index contributed by atoms with van der Waals surface area (Å²) < 4.78 is 12.9. The van der Waals surface area contributed by atoms with E-state index in [-0.39, 0.29) is 12.3 Å². The number of carbonyl (C=O) groups excluding carboxylic acids is 1. The minimum Gasteiger partial charge on any atom is -0.350 e. The Kier molecular flexibility index (Phi) is 4.40. The number of likely N-dealkylation sites (tertiary alicyclic amines) is 1. The van der Waals surface area contributed by atoms with Gasteiger partial charge in [0.2, 0.25) is 0 Å². The molecule has 0 saturated carbocycles. The van der Waals surface area contributed by atoms with E-state index < -0.39 is 0 Å². The van der Waals surface area contributed by atoms with Gasteiger partial charge in [0.1, 0.15) is 0 Å². The highest BCUT2D eigenvalue weighted by molar-refractivity contribution is 5.89. The number of carbonyl (C=O) groups is 1. The average Bonchev–Trinajstić information content (AvgIpc) is 3.19. The van der Waals surface area contributed by atoms with Crippen LogP contribution in [0, 0.1) is 5.92 Å². The van der Waals surface area contributed by atoms with E-state index in [1.165, 1.54) is 0 Å². The number of piperidine rings is 1. The Morgan fingerprint density at radius 3 is 2.71 bits per heavy atom. The number of aryl methyl sites for hydroxylation is 1. The third-order valence-corrected chi connectivity index (χ3v) is 4.07. The summed E-state index contributed by atoms with van der Waals surface area (Å²) in [5.41, 5.74) is 0.742. The molecule has 2 aliphatic rings. The molecule has 0 aromatic carbocycles. The second-order valence-corrected chi connectivity index (χ2v) is 5.45. The van der Waals surface area contributed by atoms with Crippen LogP contribution in [-0.4, -0.2) is 53.3 Å². The molecule has 0 aliphatic carbocycles. The van der Waals surface area contributed by atoms with Gasteiger partial charge in [0, 0.05) is 31.7 Å². The molecule has 7 heteroatoms. The minimum atomic E-state index is -0.0713.